The molecular weight excluding hydrogens is 228 g/mol. The zero-order chi connectivity index (χ0) is 13.0. The van der Waals surface area contributed by atoms with Gasteiger partial charge in [-0.3, -0.25) is 0 Å². The van der Waals surface area contributed by atoms with Crippen molar-refractivity contribution >= 4 is 5.69 Å². The second kappa shape index (κ2) is 6.07. The number of phenols is 1. The topological polar surface area (TPSA) is 58.7 Å². The highest BCUT2D eigenvalue weighted by molar-refractivity contribution is 5.47. The van der Waals surface area contributed by atoms with E-state index >= 15 is 0 Å². The number of hydrogen-bond donors (Lipinski definition) is 2. The summed E-state index contributed by atoms with van der Waals surface area (Å²) in [6, 6.07) is 5.22. The van der Waals surface area contributed by atoms with Crippen molar-refractivity contribution < 1.29 is 9.84 Å². The van der Waals surface area contributed by atoms with Crippen LogP contribution in [0, 0.1) is 5.92 Å². The minimum Gasteiger partial charge on any atom is -0.508 e. The van der Waals surface area contributed by atoms with Gasteiger partial charge in [-0.15, -0.1) is 0 Å². The molecule has 0 aliphatic carbocycles. The van der Waals surface area contributed by atoms with Crippen LogP contribution in [0.5, 0.6) is 5.75 Å². The van der Waals surface area contributed by atoms with Gasteiger partial charge in [-0.2, -0.15) is 0 Å². The Morgan fingerprint density at radius 1 is 1.39 bits per heavy atom. The molecule has 1 aliphatic rings. The van der Waals surface area contributed by atoms with Gasteiger partial charge in [0, 0.05) is 37.6 Å². The minimum absolute atomic E-state index is 0.322. The molecule has 1 saturated heterocycles. The highest BCUT2D eigenvalue weighted by Gasteiger charge is 2.16. The Morgan fingerprint density at radius 2 is 2.11 bits per heavy atom. The molecule has 18 heavy (non-hydrogen) atoms. The van der Waals surface area contributed by atoms with Crippen molar-refractivity contribution in [2.45, 2.75) is 19.4 Å². The number of nitrogens with zero attached hydrogens (tertiary/aromatic N) is 1. The molecule has 0 unspecified atom stereocenters. The summed E-state index contributed by atoms with van der Waals surface area (Å²) in [4.78, 5) is 2.24. The number of aromatic hydroxyl groups is 1. The summed E-state index contributed by atoms with van der Waals surface area (Å²) in [6.45, 7) is 3.52. The van der Waals surface area contributed by atoms with Gasteiger partial charge in [0.15, 0.2) is 0 Å². The van der Waals surface area contributed by atoms with Crippen LogP contribution < -0.4 is 5.73 Å². The van der Waals surface area contributed by atoms with Crippen LogP contribution in [0.1, 0.15) is 18.4 Å². The summed E-state index contributed by atoms with van der Waals surface area (Å²) in [5.41, 5.74) is 7.33. The minimum atomic E-state index is 0.322. The highest BCUT2D eigenvalue weighted by Crippen LogP contribution is 2.22. The summed E-state index contributed by atoms with van der Waals surface area (Å²) in [5.74, 6) is 1.02. The van der Waals surface area contributed by atoms with Crippen LogP contribution in [0.3, 0.4) is 0 Å². The van der Waals surface area contributed by atoms with E-state index in [1.807, 2.05) is 6.07 Å². The van der Waals surface area contributed by atoms with Gasteiger partial charge < -0.3 is 20.5 Å². The maximum Gasteiger partial charge on any atom is 0.120 e. The maximum atomic E-state index is 9.79. The van der Waals surface area contributed by atoms with Crippen LogP contribution in [-0.4, -0.2) is 36.8 Å². The molecule has 0 aromatic heterocycles. The van der Waals surface area contributed by atoms with Gasteiger partial charge in [0.25, 0.3) is 0 Å². The number of nitrogen functional groups attached to an aromatic ring is 1. The van der Waals surface area contributed by atoms with E-state index in [0.29, 0.717) is 17.4 Å². The van der Waals surface area contributed by atoms with Crippen molar-refractivity contribution in [1.82, 2.24) is 4.90 Å². The van der Waals surface area contributed by atoms with E-state index in [2.05, 4.69) is 11.9 Å². The van der Waals surface area contributed by atoms with Gasteiger partial charge >= 0.3 is 0 Å². The second-order valence-corrected chi connectivity index (χ2v) is 5.14. The monoisotopic (exact) mass is 250 g/mol. The molecular formula is C14H22N2O2. The Balaban J connectivity index is 1.89. The van der Waals surface area contributed by atoms with Crippen molar-refractivity contribution in [3.05, 3.63) is 23.8 Å². The van der Waals surface area contributed by atoms with E-state index in [-0.39, 0.29) is 0 Å². The summed E-state index contributed by atoms with van der Waals surface area (Å²) >= 11 is 0. The maximum absolute atomic E-state index is 9.79. The molecule has 100 valence electrons. The number of hydrogen-bond acceptors (Lipinski definition) is 4. The zero-order valence-corrected chi connectivity index (χ0v) is 10.9. The molecule has 1 aliphatic heterocycles. The van der Waals surface area contributed by atoms with E-state index in [4.69, 9.17) is 10.5 Å². The van der Waals surface area contributed by atoms with E-state index in [1.165, 1.54) is 0 Å². The zero-order valence-electron chi connectivity index (χ0n) is 10.9. The fraction of sp³-hybridized carbons (Fsp3) is 0.571. The summed E-state index contributed by atoms with van der Waals surface area (Å²) < 4.78 is 5.36. The highest BCUT2D eigenvalue weighted by atomic mass is 16.5. The lowest BCUT2D eigenvalue weighted by molar-refractivity contribution is 0.0549. The lowest BCUT2D eigenvalue weighted by atomic mass is 9.99. The van der Waals surface area contributed by atoms with Crippen LogP contribution in [0.4, 0.5) is 5.69 Å². The molecule has 1 fully saturated rings. The molecule has 1 aromatic rings. The first kappa shape index (κ1) is 13.2. The second-order valence-electron chi connectivity index (χ2n) is 5.14. The van der Waals surface area contributed by atoms with Gasteiger partial charge in [-0.25, -0.2) is 0 Å². The first-order valence-corrected chi connectivity index (χ1v) is 6.49. The SMILES string of the molecule is CN(Cc1cc(N)ccc1O)CC1CCOCC1. The van der Waals surface area contributed by atoms with Crippen molar-refractivity contribution in [1.29, 1.82) is 0 Å². The third-order valence-corrected chi connectivity index (χ3v) is 3.45. The molecule has 0 amide bonds. The molecule has 0 radical (unpaired) electrons. The first-order valence-electron chi connectivity index (χ1n) is 6.49. The molecule has 4 nitrogen and oxygen atoms in total. The molecule has 0 saturated carbocycles. The number of anilines is 1. The van der Waals surface area contributed by atoms with Crippen LogP contribution >= 0.6 is 0 Å². The van der Waals surface area contributed by atoms with Gasteiger partial charge in [0.05, 0.1) is 0 Å². The Morgan fingerprint density at radius 3 is 2.83 bits per heavy atom. The molecule has 0 atom stereocenters. The Kier molecular flexibility index (Phi) is 4.44. The average molecular weight is 250 g/mol. The van der Waals surface area contributed by atoms with E-state index in [9.17, 15) is 5.11 Å². The number of rotatable bonds is 4. The van der Waals surface area contributed by atoms with Gasteiger partial charge in [-0.05, 0) is 44.0 Å². The van der Waals surface area contributed by atoms with Crippen molar-refractivity contribution in [2.24, 2.45) is 5.92 Å². The van der Waals surface area contributed by atoms with E-state index in [0.717, 1.165) is 44.7 Å². The lowest BCUT2D eigenvalue weighted by Crippen LogP contribution is -2.29. The molecule has 1 aromatic carbocycles. The predicted octanol–water partition coefficient (Wildman–Crippen LogP) is 1.83. The van der Waals surface area contributed by atoms with Gasteiger partial charge in [-0.1, -0.05) is 0 Å². The van der Waals surface area contributed by atoms with Crippen molar-refractivity contribution in [2.75, 3.05) is 32.5 Å². The number of benzene rings is 1. The quantitative estimate of drug-likeness (QED) is 0.632. The van der Waals surface area contributed by atoms with Crippen molar-refractivity contribution in [3.63, 3.8) is 0 Å². The Labute approximate surface area is 108 Å². The lowest BCUT2D eigenvalue weighted by Gasteiger charge is -2.27. The third-order valence-electron chi connectivity index (χ3n) is 3.45. The van der Waals surface area contributed by atoms with Gasteiger partial charge in [0.2, 0.25) is 0 Å². The van der Waals surface area contributed by atoms with Crippen LogP contribution in [-0.2, 0) is 11.3 Å². The van der Waals surface area contributed by atoms with E-state index in [1.54, 1.807) is 12.1 Å². The number of phenolic OH excluding ortho intramolecular Hbond substituents is 1. The molecule has 0 spiro atoms. The van der Waals surface area contributed by atoms with Crippen molar-refractivity contribution in [3.8, 4) is 5.75 Å². The number of nitrogens with two attached hydrogens (primary N) is 1. The van der Waals surface area contributed by atoms with Crippen LogP contribution in [0.2, 0.25) is 0 Å². The average Bonchev–Trinajstić information content (AvgIpc) is 2.35. The molecule has 0 bridgehead atoms. The van der Waals surface area contributed by atoms with Crippen LogP contribution in [0.15, 0.2) is 18.2 Å². The largest absolute Gasteiger partial charge is 0.508 e. The van der Waals surface area contributed by atoms with E-state index < -0.39 is 0 Å². The smallest absolute Gasteiger partial charge is 0.120 e. The Bertz CT molecular complexity index is 389. The third kappa shape index (κ3) is 3.62. The standard InChI is InChI=1S/C14H22N2O2/c1-16(9-11-4-6-18-7-5-11)10-12-8-13(15)2-3-14(12)17/h2-3,8,11,17H,4-7,9-10,15H2,1H3. The summed E-state index contributed by atoms with van der Waals surface area (Å²) in [6.07, 6.45) is 2.26. The Hall–Kier alpha value is -1.26. The summed E-state index contributed by atoms with van der Waals surface area (Å²) in [7, 11) is 2.08. The van der Waals surface area contributed by atoms with Crippen LogP contribution in [0.25, 0.3) is 0 Å². The fourth-order valence-electron chi connectivity index (χ4n) is 2.46. The molecule has 2 rings (SSSR count). The fourth-order valence-corrected chi connectivity index (χ4v) is 2.46. The molecule has 1 heterocycles. The first-order chi connectivity index (χ1) is 8.65. The molecule has 4 heteroatoms. The number of ether oxygens (including phenoxy) is 1. The predicted molar refractivity (Wildman–Crippen MR) is 72.4 cm³/mol. The van der Waals surface area contributed by atoms with Gasteiger partial charge in [0.1, 0.15) is 5.75 Å². The summed E-state index contributed by atoms with van der Waals surface area (Å²) in [5, 5.41) is 9.79. The normalized spacial score (nSPS) is 17.2. The molecule has 3 N–H and O–H groups in total.